The maximum Gasteiger partial charge on any atom is 0.336 e. The molecule has 1 heterocycles. The first-order valence-corrected chi connectivity index (χ1v) is 8.76. The lowest BCUT2D eigenvalue weighted by Gasteiger charge is -2.34. The van der Waals surface area contributed by atoms with Crippen molar-refractivity contribution in [3.05, 3.63) is 46.3 Å². The van der Waals surface area contributed by atoms with Crippen molar-refractivity contribution in [1.29, 1.82) is 0 Å². The lowest BCUT2D eigenvalue weighted by Crippen LogP contribution is -2.34. The van der Waals surface area contributed by atoms with Crippen LogP contribution in [0.1, 0.15) is 44.6 Å². The minimum atomic E-state index is -0.673. The molecular weight excluding hydrogens is 334 g/mol. The van der Waals surface area contributed by atoms with E-state index in [4.69, 9.17) is 9.47 Å². The number of allylic oxidation sites excluding steroid dienone is 3. The summed E-state index contributed by atoms with van der Waals surface area (Å²) in [5.74, 6) is -0.947. The van der Waals surface area contributed by atoms with Crippen molar-refractivity contribution < 1.29 is 24.2 Å². The number of rotatable bonds is 4. The largest absolute Gasteiger partial charge is 0.504 e. The number of esters is 1. The highest BCUT2D eigenvalue weighted by atomic mass is 16.5. The van der Waals surface area contributed by atoms with Crippen LogP contribution >= 0.6 is 0 Å². The molecule has 6 heteroatoms. The number of nitrogens with one attached hydrogen (secondary N) is 1. The minimum absolute atomic E-state index is 0.0136. The summed E-state index contributed by atoms with van der Waals surface area (Å²) in [6, 6.07) is 5.09. The molecule has 0 radical (unpaired) electrons. The Bertz CT molecular complexity index is 821. The molecule has 2 N–H and O–H groups in total. The summed E-state index contributed by atoms with van der Waals surface area (Å²) in [4.78, 5) is 25.4. The number of ketones is 1. The smallest absolute Gasteiger partial charge is 0.336 e. The van der Waals surface area contributed by atoms with Gasteiger partial charge in [-0.1, -0.05) is 12.1 Å². The van der Waals surface area contributed by atoms with Gasteiger partial charge in [0.25, 0.3) is 0 Å². The maximum atomic E-state index is 12.7. The van der Waals surface area contributed by atoms with Gasteiger partial charge in [0.15, 0.2) is 17.3 Å². The third-order valence-corrected chi connectivity index (χ3v) is 4.83. The number of methoxy groups -OCH3 is 1. The molecule has 0 saturated heterocycles. The number of carbonyl (C=O) groups is 2. The van der Waals surface area contributed by atoms with E-state index in [1.54, 1.807) is 32.0 Å². The lowest BCUT2D eigenvalue weighted by molar-refractivity contribution is -0.138. The van der Waals surface area contributed by atoms with E-state index in [1.165, 1.54) is 7.11 Å². The Hall–Kier alpha value is -2.76. The van der Waals surface area contributed by atoms with Crippen molar-refractivity contribution in [3.63, 3.8) is 0 Å². The molecular formula is C20H23NO5. The van der Waals surface area contributed by atoms with Gasteiger partial charge >= 0.3 is 5.97 Å². The number of hydrogen-bond donors (Lipinski definition) is 2. The van der Waals surface area contributed by atoms with Crippen LogP contribution in [0, 0.1) is 0 Å². The molecule has 0 fully saturated rings. The molecule has 0 aromatic heterocycles. The first kappa shape index (κ1) is 18.0. The summed E-state index contributed by atoms with van der Waals surface area (Å²) >= 11 is 0. The molecule has 3 rings (SSSR count). The summed E-state index contributed by atoms with van der Waals surface area (Å²) in [5.41, 5.74) is 2.82. The van der Waals surface area contributed by atoms with Crippen LogP contribution in [-0.4, -0.2) is 30.6 Å². The molecule has 6 nitrogen and oxygen atoms in total. The van der Waals surface area contributed by atoms with Gasteiger partial charge in [-0.3, -0.25) is 4.79 Å². The SMILES string of the molecule is CCOC(=O)C1=C(C)NC2=C(C(=O)CCC2)C1c1cccc(OC)c1O. The van der Waals surface area contributed by atoms with Gasteiger partial charge in [-0.15, -0.1) is 0 Å². The summed E-state index contributed by atoms with van der Waals surface area (Å²) in [6.45, 7) is 3.75. The molecule has 1 aromatic carbocycles. The highest BCUT2D eigenvalue weighted by Gasteiger charge is 2.40. The van der Waals surface area contributed by atoms with E-state index in [-0.39, 0.29) is 18.1 Å². The zero-order valence-electron chi connectivity index (χ0n) is 15.2. The molecule has 1 atom stereocenters. The van der Waals surface area contributed by atoms with E-state index in [2.05, 4.69) is 5.32 Å². The average molecular weight is 357 g/mol. The Balaban J connectivity index is 2.22. The van der Waals surface area contributed by atoms with Crippen molar-refractivity contribution in [1.82, 2.24) is 5.32 Å². The normalized spacial score (nSPS) is 19.8. The van der Waals surface area contributed by atoms with Crippen LogP contribution in [-0.2, 0) is 14.3 Å². The van der Waals surface area contributed by atoms with Crippen LogP contribution in [0.5, 0.6) is 11.5 Å². The number of aromatic hydroxyl groups is 1. The third-order valence-electron chi connectivity index (χ3n) is 4.83. The fourth-order valence-corrected chi connectivity index (χ4v) is 3.71. The molecule has 0 bridgehead atoms. The van der Waals surface area contributed by atoms with Gasteiger partial charge in [-0.05, 0) is 32.8 Å². The zero-order valence-corrected chi connectivity index (χ0v) is 15.2. The van der Waals surface area contributed by atoms with Gasteiger partial charge in [0.2, 0.25) is 0 Å². The molecule has 1 unspecified atom stereocenters. The van der Waals surface area contributed by atoms with Crippen molar-refractivity contribution in [2.45, 2.75) is 39.0 Å². The maximum absolute atomic E-state index is 12.7. The Morgan fingerprint density at radius 1 is 1.35 bits per heavy atom. The van der Waals surface area contributed by atoms with Crippen LogP contribution in [0.25, 0.3) is 0 Å². The number of para-hydroxylation sites is 1. The van der Waals surface area contributed by atoms with E-state index in [9.17, 15) is 14.7 Å². The van der Waals surface area contributed by atoms with Crippen LogP contribution in [0.4, 0.5) is 0 Å². The Labute approximate surface area is 152 Å². The van der Waals surface area contributed by atoms with Gasteiger partial charge in [0.05, 0.1) is 25.2 Å². The van der Waals surface area contributed by atoms with Crippen molar-refractivity contribution in [3.8, 4) is 11.5 Å². The van der Waals surface area contributed by atoms with Gasteiger partial charge in [0.1, 0.15) is 0 Å². The van der Waals surface area contributed by atoms with Gasteiger partial charge in [-0.2, -0.15) is 0 Å². The standard InChI is InChI=1S/C20H23NO5/c1-4-26-20(24)16-11(2)21-13-8-6-9-14(22)18(13)17(16)12-7-5-10-15(25-3)19(12)23/h5,7,10,17,21,23H,4,6,8-9H2,1-3H3. The zero-order chi connectivity index (χ0) is 18.8. The van der Waals surface area contributed by atoms with Gasteiger partial charge in [0, 0.05) is 29.0 Å². The average Bonchev–Trinajstić information content (AvgIpc) is 2.61. The van der Waals surface area contributed by atoms with E-state index in [1.807, 2.05) is 0 Å². The van der Waals surface area contributed by atoms with Crippen LogP contribution in [0.2, 0.25) is 0 Å². The number of phenolic OH excluding ortho intramolecular Hbond substituents is 1. The topological polar surface area (TPSA) is 84.9 Å². The van der Waals surface area contributed by atoms with Crippen molar-refractivity contribution >= 4 is 11.8 Å². The second-order valence-electron chi connectivity index (χ2n) is 6.38. The Morgan fingerprint density at radius 2 is 2.12 bits per heavy atom. The third kappa shape index (κ3) is 2.96. The predicted molar refractivity (Wildman–Crippen MR) is 95.8 cm³/mol. The summed E-state index contributed by atoms with van der Waals surface area (Å²) in [7, 11) is 1.46. The quantitative estimate of drug-likeness (QED) is 0.806. The van der Waals surface area contributed by atoms with Crippen LogP contribution in [0.15, 0.2) is 40.7 Å². The number of ether oxygens (including phenoxy) is 2. The summed E-state index contributed by atoms with van der Waals surface area (Å²) in [6.07, 6.45) is 1.93. The summed E-state index contributed by atoms with van der Waals surface area (Å²) < 4.78 is 10.4. The fourth-order valence-electron chi connectivity index (χ4n) is 3.71. The Kier molecular flexibility index (Phi) is 5.02. The fraction of sp³-hybridized carbons (Fsp3) is 0.400. The number of hydrogen-bond acceptors (Lipinski definition) is 6. The first-order chi connectivity index (χ1) is 12.5. The molecule has 2 aliphatic rings. The van der Waals surface area contributed by atoms with E-state index < -0.39 is 11.9 Å². The van der Waals surface area contributed by atoms with Gasteiger partial charge < -0.3 is 19.9 Å². The second-order valence-corrected chi connectivity index (χ2v) is 6.38. The van der Waals surface area contributed by atoms with Crippen molar-refractivity contribution in [2.24, 2.45) is 0 Å². The highest BCUT2D eigenvalue weighted by Crippen LogP contribution is 2.47. The monoisotopic (exact) mass is 357 g/mol. The molecule has 26 heavy (non-hydrogen) atoms. The van der Waals surface area contributed by atoms with Crippen molar-refractivity contribution in [2.75, 3.05) is 13.7 Å². The number of carbonyl (C=O) groups excluding carboxylic acids is 2. The molecule has 0 saturated carbocycles. The molecule has 0 spiro atoms. The van der Waals surface area contributed by atoms with E-state index in [0.717, 1.165) is 18.5 Å². The molecule has 1 aromatic rings. The van der Waals surface area contributed by atoms with Crippen LogP contribution < -0.4 is 10.1 Å². The molecule has 1 aliphatic carbocycles. The number of benzene rings is 1. The van der Waals surface area contributed by atoms with Gasteiger partial charge in [-0.25, -0.2) is 4.79 Å². The Morgan fingerprint density at radius 3 is 2.81 bits per heavy atom. The lowest BCUT2D eigenvalue weighted by atomic mass is 9.75. The number of Topliss-reactive ketones (excluding diaryl/α,β-unsaturated/α-hetero) is 1. The molecule has 138 valence electrons. The number of phenols is 1. The van der Waals surface area contributed by atoms with E-state index >= 15 is 0 Å². The molecule has 0 amide bonds. The second kappa shape index (κ2) is 7.23. The predicted octanol–water partition coefficient (Wildman–Crippen LogP) is 2.93. The summed E-state index contributed by atoms with van der Waals surface area (Å²) in [5, 5.41) is 13.9. The molecule has 1 aliphatic heterocycles. The highest BCUT2D eigenvalue weighted by molar-refractivity contribution is 6.04. The van der Waals surface area contributed by atoms with Crippen LogP contribution in [0.3, 0.4) is 0 Å². The van der Waals surface area contributed by atoms with E-state index in [0.29, 0.717) is 34.6 Å². The minimum Gasteiger partial charge on any atom is -0.504 e. The first-order valence-electron chi connectivity index (χ1n) is 8.76. The number of dihydropyridines is 1.